The standard InChI is InChI=1S/C13H25N/c1-5-7-13-8-6-10(12(13,2)3)9-11(13)14-4/h10-11,14H,5-9H2,1-4H3. The van der Waals surface area contributed by atoms with Gasteiger partial charge in [0, 0.05) is 6.04 Å². The fraction of sp³-hybridized carbons (Fsp3) is 1.00. The molecule has 3 unspecified atom stereocenters. The SMILES string of the molecule is CCCC12CCC(CC1NC)C2(C)C. The number of nitrogens with one attached hydrogen (secondary N) is 1. The van der Waals surface area contributed by atoms with Crippen LogP contribution in [0.5, 0.6) is 0 Å². The van der Waals surface area contributed by atoms with Crippen LogP contribution in [0.15, 0.2) is 0 Å². The van der Waals surface area contributed by atoms with Crippen LogP contribution in [0.4, 0.5) is 0 Å². The Morgan fingerprint density at radius 3 is 2.57 bits per heavy atom. The van der Waals surface area contributed by atoms with E-state index in [1.54, 1.807) is 0 Å². The summed E-state index contributed by atoms with van der Waals surface area (Å²) in [5.74, 6) is 0.978. The second-order valence-corrected chi connectivity index (χ2v) is 5.94. The van der Waals surface area contributed by atoms with Gasteiger partial charge in [-0.1, -0.05) is 27.2 Å². The first-order valence-electron chi connectivity index (χ1n) is 6.25. The van der Waals surface area contributed by atoms with E-state index in [1.165, 1.54) is 32.1 Å². The molecule has 0 heterocycles. The third-order valence-corrected chi connectivity index (χ3v) is 5.47. The minimum absolute atomic E-state index is 0.580. The minimum Gasteiger partial charge on any atom is -0.316 e. The predicted molar refractivity (Wildman–Crippen MR) is 61.3 cm³/mol. The average Bonchev–Trinajstić information content (AvgIpc) is 2.51. The molecule has 2 rings (SSSR count). The molecule has 0 saturated heterocycles. The Hall–Kier alpha value is -0.0400. The molecule has 0 aliphatic heterocycles. The smallest absolute Gasteiger partial charge is 0.0129 e. The molecule has 2 bridgehead atoms. The number of hydrogen-bond acceptors (Lipinski definition) is 1. The molecule has 82 valence electrons. The van der Waals surface area contributed by atoms with Crippen LogP contribution in [0.3, 0.4) is 0 Å². The topological polar surface area (TPSA) is 12.0 Å². The molecule has 2 aliphatic rings. The highest BCUT2D eigenvalue weighted by Crippen LogP contribution is 2.67. The lowest BCUT2D eigenvalue weighted by atomic mass is 9.65. The first-order valence-corrected chi connectivity index (χ1v) is 6.25. The van der Waals surface area contributed by atoms with E-state index in [-0.39, 0.29) is 0 Å². The number of hydrogen-bond donors (Lipinski definition) is 1. The van der Waals surface area contributed by atoms with Gasteiger partial charge in [-0.05, 0) is 49.5 Å². The van der Waals surface area contributed by atoms with E-state index in [0.717, 1.165) is 12.0 Å². The van der Waals surface area contributed by atoms with Gasteiger partial charge in [0.05, 0.1) is 0 Å². The molecular formula is C13H25N. The minimum atomic E-state index is 0.580. The Morgan fingerprint density at radius 2 is 2.07 bits per heavy atom. The average molecular weight is 195 g/mol. The van der Waals surface area contributed by atoms with E-state index in [9.17, 15) is 0 Å². The van der Waals surface area contributed by atoms with Crippen LogP contribution in [-0.2, 0) is 0 Å². The fourth-order valence-corrected chi connectivity index (χ4v) is 4.53. The normalized spacial score (nSPS) is 44.6. The van der Waals surface area contributed by atoms with Gasteiger partial charge in [-0.3, -0.25) is 0 Å². The van der Waals surface area contributed by atoms with E-state index in [0.29, 0.717) is 10.8 Å². The monoisotopic (exact) mass is 195 g/mol. The lowest BCUT2D eigenvalue weighted by molar-refractivity contribution is 0.0879. The first kappa shape index (κ1) is 10.5. The van der Waals surface area contributed by atoms with Gasteiger partial charge in [0.2, 0.25) is 0 Å². The van der Waals surface area contributed by atoms with Crippen LogP contribution in [-0.4, -0.2) is 13.1 Å². The summed E-state index contributed by atoms with van der Waals surface area (Å²) in [5, 5.41) is 3.58. The van der Waals surface area contributed by atoms with Crippen molar-refractivity contribution in [2.75, 3.05) is 7.05 Å². The summed E-state index contributed by atoms with van der Waals surface area (Å²) < 4.78 is 0. The lowest BCUT2D eigenvalue weighted by Gasteiger charge is -2.42. The quantitative estimate of drug-likeness (QED) is 0.729. The molecule has 0 aromatic heterocycles. The largest absolute Gasteiger partial charge is 0.316 e. The maximum absolute atomic E-state index is 3.58. The van der Waals surface area contributed by atoms with Crippen molar-refractivity contribution in [2.24, 2.45) is 16.7 Å². The third kappa shape index (κ3) is 1.05. The van der Waals surface area contributed by atoms with Crippen molar-refractivity contribution in [1.29, 1.82) is 0 Å². The Labute approximate surface area is 88.7 Å². The van der Waals surface area contributed by atoms with Crippen molar-refractivity contribution in [3.8, 4) is 0 Å². The van der Waals surface area contributed by atoms with Crippen LogP contribution in [0.1, 0.15) is 52.9 Å². The lowest BCUT2D eigenvalue weighted by Crippen LogP contribution is -2.45. The van der Waals surface area contributed by atoms with Crippen LogP contribution in [0.2, 0.25) is 0 Å². The summed E-state index contributed by atoms with van der Waals surface area (Å²) in [4.78, 5) is 0. The second-order valence-electron chi connectivity index (χ2n) is 5.94. The van der Waals surface area contributed by atoms with Crippen LogP contribution in [0.25, 0.3) is 0 Å². The molecule has 0 aromatic carbocycles. The summed E-state index contributed by atoms with van der Waals surface area (Å²) in [5.41, 5.74) is 1.19. The molecule has 0 spiro atoms. The van der Waals surface area contributed by atoms with Gasteiger partial charge < -0.3 is 5.32 Å². The van der Waals surface area contributed by atoms with Crippen molar-refractivity contribution < 1.29 is 0 Å². The van der Waals surface area contributed by atoms with Gasteiger partial charge in [0.25, 0.3) is 0 Å². The van der Waals surface area contributed by atoms with Gasteiger partial charge >= 0.3 is 0 Å². The molecule has 1 N–H and O–H groups in total. The molecule has 3 atom stereocenters. The van der Waals surface area contributed by atoms with Crippen LogP contribution >= 0.6 is 0 Å². The van der Waals surface area contributed by atoms with E-state index in [1.807, 2.05) is 0 Å². The highest BCUT2D eigenvalue weighted by Gasteiger charge is 2.62. The Bertz CT molecular complexity index is 221. The van der Waals surface area contributed by atoms with Gasteiger partial charge in [0.15, 0.2) is 0 Å². The second kappa shape index (κ2) is 3.23. The fourth-order valence-electron chi connectivity index (χ4n) is 4.53. The number of fused-ring (bicyclic) bond motifs is 2. The molecular weight excluding hydrogens is 170 g/mol. The maximum Gasteiger partial charge on any atom is 0.0129 e. The van der Waals surface area contributed by atoms with Gasteiger partial charge in [-0.2, -0.15) is 0 Å². The zero-order chi connectivity index (χ0) is 10.4. The number of rotatable bonds is 3. The van der Waals surface area contributed by atoms with Crippen LogP contribution < -0.4 is 5.32 Å². The van der Waals surface area contributed by atoms with E-state index < -0.39 is 0 Å². The van der Waals surface area contributed by atoms with Crippen molar-refractivity contribution in [3.63, 3.8) is 0 Å². The highest BCUT2D eigenvalue weighted by molar-refractivity contribution is 5.14. The third-order valence-electron chi connectivity index (χ3n) is 5.47. The molecule has 0 radical (unpaired) electrons. The molecule has 2 saturated carbocycles. The molecule has 1 heteroatoms. The van der Waals surface area contributed by atoms with Crippen molar-refractivity contribution in [3.05, 3.63) is 0 Å². The van der Waals surface area contributed by atoms with E-state index in [4.69, 9.17) is 0 Å². The predicted octanol–water partition coefficient (Wildman–Crippen LogP) is 3.20. The van der Waals surface area contributed by atoms with Crippen molar-refractivity contribution in [2.45, 2.75) is 58.9 Å². The summed E-state index contributed by atoms with van der Waals surface area (Å²) >= 11 is 0. The Balaban J connectivity index is 2.30. The Kier molecular flexibility index (Phi) is 2.42. The maximum atomic E-state index is 3.58. The summed E-state index contributed by atoms with van der Waals surface area (Å²) in [6.45, 7) is 7.36. The first-order chi connectivity index (χ1) is 6.58. The molecule has 1 nitrogen and oxygen atoms in total. The van der Waals surface area contributed by atoms with Crippen molar-refractivity contribution in [1.82, 2.24) is 5.32 Å². The summed E-state index contributed by atoms with van der Waals surface area (Å²) in [6, 6.07) is 0.788. The molecule has 14 heavy (non-hydrogen) atoms. The zero-order valence-corrected chi connectivity index (χ0v) is 10.2. The summed E-state index contributed by atoms with van der Waals surface area (Å²) in [7, 11) is 2.15. The van der Waals surface area contributed by atoms with E-state index >= 15 is 0 Å². The Morgan fingerprint density at radius 1 is 1.36 bits per heavy atom. The van der Waals surface area contributed by atoms with Gasteiger partial charge in [0.1, 0.15) is 0 Å². The summed E-state index contributed by atoms with van der Waals surface area (Å²) in [6.07, 6.45) is 7.12. The van der Waals surface area contributed by atoms with Gasteiger partial charge in [-0.25, -0.2) is 0 Å². The van der Waals surface area contributed by atoms with E-state index in [2.05, 4.69) is 33.1 Å². The van der Waals surface area contributed by atoms with Crippen molar-refractivity contribution >= 4 is 0 Å². The highest BCUT2D eigenvalue weighted by atomic mass is 14.9. The molecule has 0 aromatic rings. The molecule has 2 aliphatic carbocycles. The molecule has 2 fully saturated rings. The zero-order valence-electron chi connectivity index (χ0n) is 10.2. The molecule has 0 amide bonds. The van der Waals surface area contributed by atoms with Gasteiger partial charge in [-0.15, -0.1) is 0 Å². The van der Waals surface area contributed by atoms with Crippen LogP contribution in [0, 0.1) is 16.7 Å².